The highest BCUT2D eigenvalue weighted by Crippen LogP contribution is 2.48. The van der Waals surface area contributed by atoms with Crippen molar-refractivity contribution >= 4 is 5.91 Å². The first-order valence-corrected chi connectivity index (χ1v) is 7.05. The third-order valence-electron chi connectivity index (χ3n) is 4.92. The number of nitrogens with two attached hydrogens (primary N) is 1. The van der Waals surface area contributed by atoms with Crippen molar-refractivity contribution in [1.82, 2.24) is 4.90 Å². The van der Waals surface area contributed by atoms with E-state index in [1.165, 1.54) is 19.3 Å². The van der Waals surface area contributed by atoms with Crippen molar-refractivity contribution in [1.29, 1.82) is 0 Å². The molecule has 2 N–H and O–H groups in total. The number of rotatable bonds is 4. The van der Waals surface area contributed by atoms with Crippen molar-refractivity contribution in [3.8, 4) is 0 Å². The van der Waals surface area contributed by atoms with Gasteiger partial charge in [0, 0.05) is 19.6 Å². The molecule has 0 aliphatic heterocycles. The van der Waals surface area contributed by atoms with E-state index in [1.807, 2.05) is 11.9 Å². The first kappa shape index (κ1) is 12.9. The van der Waals surface area contributed by atoms with Crippen LogP contribution in [-0.4, -0.2) is 30.4 Å². The van der Waals surface area contributed by atoms with Crippen molar-refractivity contribution in [2.45, 2.75) is 45.6 Å². The molecule has 2 rings (SSSR count). The zero-order chi connectivity index (χ0) is 12.6. The van der Waals surface area contributed by atoms with Gasteiger partial charge in [0.1, 0.15) is 0 Å². The lowest BCUT2D eigenvalue weighted by molar-refractivity contribution is -0.136. The Hall–Kier alpha value is -0.570. The highest BCUT2D eigenvalue weighted by atomic mass is 16.2. The molecule has 1 amide bonds. The second-order valence-corrected chi connectivity index (χ2v) is 6.17. The summed E-state index contributed by atoms with van der Waals surface area (Å²) in [6.07, 6.45) is 4.77. The van der Waals surface area contributed by atoms with E-state index in [2.05, 4.69) is 13.8 Å². The molecule has 0 saturated heterocycles. The quantitative estimate of drug-likeness (QED) is 0.812. The Bertz CT molecular complexity index is 290. The average molecular weight is 238 g/mol. The van der Waals surface area contributed by atoms with Gasteiger partial charge in [0.25, 0.3) is 0 Å². The van der Waals surface area contributed by atoms with Gasteiger partial charge in [-0.05, 0) is 37.0 Å². The van der Waals surface area contributed by atoms with Gasteiger partial charge in [0.15, 0.2) is 0 Å². The van der Waals surface area contributed by atoms with Crippen LogP contribution in [0.5, 0.6) is 0 Å². The predicted octanol–water partition coefficient (Wildman–Crippen LogP) is 1.86. The molecule has 0 spiro atoms. The topological polar surface area (TPSA) is 46.3 Å². The molecular formula is C14H26N2O. The Labute approximate surface area is 105 Å². The third kappa shape index (κ3) is 2.35. The molecule has 2 fully saturated rings. The zero-order valence-corrected chi connectivity index (χ0v) is 11.4. The van der Waals surface area contributed by atoms with Gasteiger partial charge in [0.2, 0.25) is 5.91 Å². The third-order valence-corrected chi connectivity index (χ3v) is 4.92. The summed E-state index contributed by atoms with van der Waals surface area (Å²) in [4.78, 5) is 14.4. The predicted molar refractivity (Wildman–Crippen MR) is 69.4 cm³/mol. The number of nitrogens with zero attached hydrogens (tertiary/aromatic N) is 1. The summed E-state index contributed by atoms with van der Waals surface area (Å²) in [7, 11) is 1.94. The molecule has 0 heterocycles. The van der Waals surface area contributed by atoms with Crippen LogP contribution < -0.4 is 5.73 Å². The Morgan fingerprint density at radius 1 is 1.41 bits per heavy atom. The van der Waals surface area contributed by atoms with Crippen LogP contribution in [0.25, 0.3) is 0 Å². The van der Waals surface area contributed by atoms with Crippen molar-refractivity contribution in [2.75, 3.05) is 13.6 Å². The van der Waals surface area contributed by atoms with Crippen molar-refractivity contribution < 1.29 is 4.79 Å². The van der Waals surface area contributed by atoms with E-state index in [0.717, 1.165) is 13.0 Å². The van der Waals surface area contributed by atoms with Crippen LogP contribution in [0.1, 0.15) is 39.5 Å². The fourth-order valence-electron chi connectivity index (χ4n) is 3.64. The molecule has 3 heteroatoms. The van der Waals surface area contributed by atoms with Crippen LogP contribution in [0.4, 0.5) is 0 Å². The smallest absolute Gasteiger partial charge is 0.227 e. The summed E-state index contributed by atoms with van der Waals surface area (Å²) >= 11 is 0. The van der Waals surface area contributed by atoms with Crippen LogP contribution >= 0.6 is 0 Å². The average Bonchev–Trinajstić information content (AvgIpc) is 2.88. The lowest BCUT2D eigenvalue weighted by Crippen LogP contribution is -2.46. The minimum absolute atomic E-state index is 0.114. The molecule has 0 aromatic carbocycles. The number of carbonyl (C=O) groups is 1. The van der Waals surface area contributed by atoms with Crippen LogP contribution in [0.2, 0.25) is 0 Å². The number of carbonyl (C=O) groups excluding carboxylic acids is 1. The normalized spacial score (nSPS) is 37.2. The SMILES string of the molecule is CCC(C)CN(C)C(=O)C1C2CCC(C2)C1N. The van der Waals surface area contributed by atoms with Crippen molar-refractivity contribution in [3.63, 3.8) is 0 Å². The second kappa shape index (κ2) is 4.97. The van der Waals surface area contributed by atoms with E-state index in [0.29, 0.717) is 23.7 Å². The van der Waals surface area contributed by atoms with Crippen LogP contribution in [0, 0.1) is 23.7 Å². The second-order valence-electron chi connectivity index (χ2n) is 6.17. The standard InChI is InChI=1S/C14H26N2O/c1-4-9(2)8-16(3)14(17)12-10-5-6-11(7-10)13(12)15/h9-13H,4-8,15H2,1-3H3. The Morgan fingerprint density at radius 3 is 2.59 bits per heavy atom. The van der Waals surface area contributed by atoms with E-state index in [9.17, 15) is 4.79 Å². The number of hydrogen-bond donors (Lipinski definition) is 1. The lowest BCUT2D eigenvalue weighted by Gasteiger charge is -2.31. The maximum Gasteiger partial charge on any atom is 0.227 e. The molecule has 2 saturated carbocycles. The van der Waals surface area contributed by atoms with Crippen molar-refractivity contribution in [2.24, 2.45) is 29.4 Å². The molecule has 0 radical (unpaired) electrons. The molecule has 0 aromatic rings. The van der Waals surface area contributed by atoms with Crippen LogP contribution in [0.3, 0.4) is 0 Å². The van der Waals surface area contributed by atoms with Crippen LogP contribution in [0.15, 0.2) is 0 Å². The van der Waals surface area contributed by atoms with Gasteiger partial charge in [0.05, 0.1) is 5.92 Å². The summed E-state index contributed by atoms with van der Waals surface area (Å²) in [6.45, 7) is 5.24. The molecule has 2 bridgehead atoms. The fraction of sp³-hybridized carbons (Fsp3) is 0.929. The first-order chi connectivity index (χ1) is 8.04. The van der Waals surface area contributed by atoms with E-state index >= 15 is 0 Å². The summed E-state index contributed by atoms with van der Waals surface area (Å²) in [5.74, 6) is 2.18. The molecule has 17 heavy (non-hydrogen) atoms. The maximum atomic E-state index is 12.4. The van der Waals surface area contributed by atoms with Gasteiger partial charge in [-0.25, -0.2) is 0 Å². The highest BCUT2D eigenvalue weighted by Gasteiger charge is 2.49. The first-order valence-electron chi connectivity index (χ1n) is 7.05. The van der Waals surface area contributed by atoms with E-state index in [4.69, 9.17) is 5.73 Å². The maximum absolute atomic E-state index is 12.4. The molecule has 5 unspecified atom stereocenters. The summed E-state index contributed by atoms with van der Waals surface area (Å²) in [5.41, 5.74) is 6.22. The fourth-order valence-corrected chi connectivity index (χ4v) is 3.64. The van der Waals surface area contributed by atoms with Crippen molar-refractivity contribution in [3.05, 3.63) is 0 Å². The molecule has 2 aliphatic rings. The number of fused-ring (bicyclic) bond motifs is 2. The summed E-state index contributed by atoms with van der Waals surface area (Å²) in [5, 5.41) is 0. The van der Waals surface area contributed by atoms with E-state index in [1.54, 1.807) is 0 Å². The molecule has 2 aliphatic carbocycles. The van der Waals surface area contributed by atoms with Gasteiger partial charge >= 0.3 is 0 Å². The molecule has 3 nitrogen and oxygen atoms in total. The minimum atomic E-state index is 0.114. The highest BCUT2D eigenvalue weighted by molar-refractivity contribution is 5.80. The van der Waals surface area contributed by atoms with Crippen LogP contribution in [-0.2, 0) is 4.79 Å². The lowest BCUT2D eigenvalue weighted by atomic mass is 9.84. The molecule has 5 atom stereocenters. The van der Waals surface area contributed by atoms with Gasteiger partial charge in [-0.2, -0.15) is 0 Å². The number of amides is 1. The molecule has 98 valence electrons. The van der Waals surface area contributed by atoms with Gasteiger partial charge in [-0.15, -0.1) is 0 Å². The summed E-state index contributed by atoms with van der Waals surface area (Å²) in [6, 6.07) is 0.126. The zero-order valence-electron chi connectivity index (χ0n) is 11.4. The van der Waals surface area contributed by atoms with Gasteiger partial charge in [-0.3, -0.25) is 4.79 Å². The monoisotopic (exact) mass is 238 g/mol. The largest absolute Gasteiger partial charge is 0.345 e. The van der Waals surface area contributed by atoms with Gasteiger partial charge < -0.3 is 10.6 Å². The van der Waals surface area contributed by atoms with E-state index in [-0.39, 0.29) is 12.0 Å². The molecule has 0 aromatic heterocycles. The Kier molecular flexibility index (Phi) is 3.76. The molecular weight excluding hydrogens is 212 g/mol. The Morgan fingerprint density at radius 2 is 2.06 bits per heavy atom. The minimum Gasteiger partial charge on any atom is -0.345 e. The van der Waals surface area contributed by atoms with Gasteiger partial charge in [-0.1, -0.05) is 20.3 Å². The number of hydrogen-bond acceptors (Lipinski definition) is 2. The summed E-state index contributed by atoms with van der Waals surface area (Å²) < 4.78 is 0. The Balaban J connectivity index is 1.95. The van der Waals surface area contributed by atoms with E-state index < -0.39 is 0 Å².